The van der Waals surface area contributed by atoms with Crippen molar-refractivity contribution in [2.24, 2.45) is 5.41 Å². The zero-order valence-electron chi connectivity index (χ0n) is 15.0. The quantitative estimate of drug-likeness (QED) is 0.857. The topological polar surface area (TPSA) is 18.5 Å². The molecular formula is C20H30BN3. The number of hydrogen-bond acceptors (Lipinski definition) is 3. The normalized spacial score (nSPS) is 27.9. The summed E-state index contributed by atoms with van der Waals surface area (Å²) in [6.07, 6.45) is 6.93. The summed E-state index contributed by atoms with van der Waals surface area (Å²) in [6, 6.07) is 11.9. The molecule has 1 atom stereocenters. The Labute approximate surface area is 147 Å². The van der Waals surface area contributed by atoms with Crippen LogP contribution in [0.4, 0.5) is 0 Å². The van der Waals surface area contributed by atoms with Gasteiger partial charge in [0, 0.05) is 30.9 Å². The van der Waals surface area contributed by atoms with Crippen molar-refractivity contribution < 1.29 is 0 Å². The van der Waals surface area contributed by atoms with E-state index in [1.807, 2.05) is 0 Å². The summed E-state index contributed by atoms with van der Waals surface area (Å²) < 4.78 is 0. The molecular weight excluding hydrogens is 293 g/mol. The number of nitrogens with zero attached hydrogens (tertiary/aromatic N) is 2. The average Bonchev–Trinajstić information content (AvgIpc) is 3.03. The fourth-order valence-electron chi connectivity index (χ4n) is 5.20. The standard InChI is InChI=1S/C20H30BN3/c1-16(17-5-3-2-4-6-17)22-18-9-12-23(13-18)19-7-10-20(11-8-19)14-24(21)15-20/h2-6,18-19,22H,1,7-15,21H2. The zero-order valence-corrected chi connectivity index (χ0v) is 15.0. The van der Waals surface area contributed by atoms with Crippen LogP contribution in [0.2, 0.25) is 0 Å². The highest BCUT2D eigenvalue weighted by atomic mass is 15.2. The van der Waals surface area contributed by atoms with E-state index in [-0.39, 0.29) is 0 Å². The van der Waals surface area contributed by atoms with Gasteiger partial charge in [-0.25, -0.2) is 0 Å². The van der Waals surface area contributed by atoms with Gasteiger partial charge in [-0.1, -0.05) is 36.9 Å². The Morgan fingerprint density at radius 2 is 1.83 bits per heavy atom. The van der Waals surface area contributed by atoms with Crippen LogP contribution in [-0.4, -0.2) is 56.0 Å². The predicted octanol–water partition coefficient (Wildman–Crippen LogP) is 2.11. The zero-order chi connectivity index (χ0) is 16.6. The number of likely N-dealkylation sites (tertiary alicyclic amines) is 1. The minimum atomic E-state index is 0.559. The second-order valence-electron chi connectivity index (χ2n) is 8.37. The molecule has 3 aliphatic rings. The molecule has 2 saturated heterocycles. The van der Waals surface area contributed by atoms with Gasteiger partial charge in [-0.2, -0.15) is 0 Å². The summed E-state index contributed by atoms with van der Waals surface area (Å²) in [5.41, 5.74) is 2.97. The van der Waals surface area contributed by atoms with Crippen LogP contribution in [0.15, 0.2) is 36.9 Å². The second-order valence-corrected chi connectivity index (χ2v) is 8.37. The van der Waals surface area contributed by atoms with Gasteiger partial charge in [-0.15, -0.1) is 0 Å². The molecule has 1 unspecified atom stereocenters. The molecule has 1 aromatic carbocycles. The van der Waals surface area contributed by atoms with Crippen molar-refractivity contribution in [1.82, 2.24) is 15.0 Å². The maximum Gasteiger partial charge on any atom is 0.185 e. The maximum atomic E-state index is 4.24. The molecule has 24 heavy (non-hydrogen) atoms. The summed E-state index contributed by atoms with van der Waals surface area (Å²) in [7, 11) is 2.26. The van der Waals surface area contributed by atoms with Crippen LogP contribution < -0.4 is 5.32 Å². The first-order valence-corrected chi connectivity index (χ1v) is 9.57. The van der Waals surface area contributed by atoms with E-state index in [1.54, 1.807) is 0 Å². The third-order valence-electron chi connectivity index (χ3n) is 6.46. The molecule has 1 spiro atoms. The van der Waals surface area contributed by atoms with Crippen LogP contribution >= 0.6 is 0 Å². The smallest absolute Gasteiger partial charge is 0.185 e. The minimum Gasteiger partial charge on any atom is -0.381 e. The molecule has 1 aromatic rings. The lowest BCUT2D eigenvalue weighted by atomic mass is 9.66. The molecule has 0 radical (unpaired) electrons. The van der Waals surface area contributed by atoms with Gasteiger partial charge in [0.05, 0.1) is 0 Å². The highest BCUT2D eigenvalue weighted by molar-refractivity contribution is 6.05. The van der Waals surface area contributed by atoms with Crippen molar-refractivity contribution in [2.45, 2.75) is 44.2 Å². The largest absolute Gasteiger partial charge is 0.381 e. The average molecular weight is 323 g/mol. The van der Waals surface area contributed by atoms with E-state index in [0.717, 1.165) is 11.7 Å². The third-order valence-corrected chi connectivity index (χ3v) is 6.46. The predicted molar refractivity (Wildman–Crippen MR) is 103 cm³/mol. The molecule has 1 N–H and O–H groups in total. The van der Waals surface area contributed by atoms with E-state index in [4.69, 9.17) is 0 Å². The van der Waals surface area contributed by atoms with Crippen LogP contribution in [0.25, 0.3) is 5.70 Å². The maximum absolute atomic E-state index is 4.24. The molecule has 3 fully saturated rings. The van der Waals surface area contributed by atoms with E-state index in [9.17, 15) is 0 Å². The Morgan fingerprint density at radius 1 is 1.12 bits per heavy atom. The van der Waals surface area contributed by atoms with Crippen LogP contribution in [-0.2, 0) is 0 Å². The second kappa shape index (κ2) is 6.57. The van der Waals surface area contributed by atoms with Crippen LogP contribution in [0.1, 0.15) is 37.7 Å². The van der Waals surface area contributed by atoms with Gasteiger partial charge >= 0.3 is 0 Å². The number of nitrogens with one attached hydrogen (secondary N) is 1. The van der Waals surface area contributed by atoms with Crippen molar-refractivity contribution in [1.29, 1.82) is 0 Å². The Bertz CT molecular complexity index is 572. The molecule has 0 bridgehead atoms. The Hall–Kier alpha value is -1.26. The fourth-order valence-corrected chi connectivity index (χ4v) is 5.20. The SMILES string of the molecule is BN1CC2(CCC(N3CCC(NC(=C)c4ccccc4)C3)CC2)C1. The highest BCUT2D eigenvalue weighted by Crippen LogP contribution is 2.44. The first-order chi connectivity index (χ1) is 11.6. The molecule has 4 rings (SSSR count). The van der Waals surface area contributed by atoms with Crippen molar-refractivity contribution >= 4 is 13.7 Å². The summed E-state index contributed by atoms with van der Waals surface area (Å²) in [6.45, 7) is 9.34. The summed E-state index contributed by atoms with van der Waals surface area (Å²) in [4.78, 5) is 5.22. The lowest BCUT2D eigenvalue weighted by Crippen LogP contribution is -2.57. The van der Waals surface area contributed by atoms with Crippen molar-refractivity contribution in [3.63, 3.8) is 0 Å². The molecule has 1 aliphatic carbocycles. The highest BCUT2D eigenvalue weighted by Gasteiger charge is 2.44. The molecule has 2 aliphatic heterocycles. The van der Waals surface area contributed by atoms with Gasteiger partial charge in [0.15, 0.2) is 7.98 Å². The lowest BCUT2D eigenvalue weighted by Gasteiger charge is -2.53. The first kappa shape index (κ1) is 16.2. The van der Waals surface area contributed by atoms with E-state index >= 15 is 0 Å². The fraction of sp³-hybridized carbons (Fsp3) is 0.600. The summed E-state index contributed by atoms with van der Waals surface area (Å²) in [5, 5.41) is 3.67. The molecule has 3 nitrogen and oxygen atoms in total. The van der Waals surface area contributed by atoms with E-state index < -0.39 is 0 Å². The molecule has 0 amide bonds. The Morgan fingerprint density at radius 3 is 2.50 bits per heavy atom. The van der Waals surface area contributed by atoms with Crippen molar-refractivity contribution in [3.05, 3.63) is 42.5 Å². The van der Waals surface area contributed by atoms with E-state index in [1.165, 1.54) is 63.8 Å². The lowest BCUT2D eigenvalue weighted by molar-refractivity contribution is 0.00494. The molecule has 0 aromatic heterocycles. The van der Waals surface area contributed by atoms with Gasteiger partial charge < -0.3 is 10.1 Å². The molecule has 4 heteroatoms. The molecule has 1 saturated carbocycles. The Kier molecular flexibility index (Phi) is 4.44. The van der Waals surface area contributed by atoms with E-state index in [2.05, 4.69) is 59.9 Å². The van der Waals surface area contributed by atoms with Gasteiger partial charge in [0.25, 0.3) is 0 Å². The van der Waals surface area contributed by atoms with Gasteiger partial charge in [-0.05, 0) is 56.2 Å². The van der Waals surface area contributed by atoms with E-state index in [0.29, 0.717) is 11.5 Å². The molecule has 128 valence electrons. The summed E-state index contributed by atoms with van der Waals surface area (Å²) in [5.74, 6) is 0. The third kappa shape index (κ3) is 3.27. The molecule has 2 heterocycles. The minimum absolute atomic E-state index is 0.559. The summed E-state index contributed by atoms with van der Waals surface area (Å²) >= 11 is 0. The number of rotatable bonds is 4. The van der Waals surface area contributed by atoms with Crippen LogP contribution in [0.3, 0.4) is 0 Å². The number of hydrogen-bond donors (Lipinski definition) is 1. The van der Waals surface area contributed by atoms with Crippen LogP contribution in [0.5, 0.6) is 0 Å². The van der Waals surface area contributed by atoms with Crippen molar-refractivity contribution in [3.8, 4) is 0 Å². The van der Waals surface area contributed by atoms with Gasteiger partial charge in [0.1, 0.15) is 0 Å². The van der Waals surface area contributed by atoms with Crippen LogP contribution in [0, 0.1) is 5.41 Å². The number of benzene rings is 1. The van der Waals surface area contributed by atoms with Gasteiger partial charge in [0.2, 0.25) is 0 Å². The Balaban J connectivity index is 1.26. The monoisotopic (exact) mass is 323 g/mol. The van der Waals surface area contributed by atoms with Crippen molar-refractivity contribution in [2.75, 3.05) is 26.2 Å². The van der Waals surface area contributed by atoms with Gasteiger partial charge in [-0.3, -0.25) is 4.90 Å². The first-order valence-electron chi connectivity index (χ1n) is 9.57.